The average molecular weight is 284 g/mol. The maximum absolute atomic E-state index is 12.1. The number of nitrogens with zero attached hydrogens (tertiary/aromatic N) is 3. The van der Waals surface area contributed by atoms with Crippen LogP contribution in [0.1, 0.15) is 10.6 Å². The van der Waals surface area contributed by atoms with Crippen LogP contribution in [0.15, 0.2) is 0 Å². The van der Waals surface area contributed by atoms with E-state index in [0.29, 0.717) is 6.61 Å². The quantitative estimate of drug-likeness (QED) is 0.666. The van der Waals surface area contributed by atoms with Crippen molar-refractivity contribution in [1.82, 2.24) is 20.1 Å². The molecule has 3 rings (SSSR count). The van der Waals surface area contributed by atoms with Crippen LogP contribution in [0.3, 0.4) is 0 Å². The van der Waals surface area contributed by atoms with Crippen molar-refractivity contribution in [3.05, 3.63) is 5.82 Å². The van der Waals surface area contributed by atoms with Crippen LogP contribution in [-0.2, 0) is 16.5 Å². The Morgan fingerprint density at radius 1 is 1.45 bits per heavy atom. The smallest absolute Gasteiger partial charge is 0.314 e. The summed E-state index contributed by atoms with van der Waals surface area (Å²) in [5.41, 5.74) is 0. The lowest BCUT2D eigenvalue weighted by Crippen LogP contribution is -2.44. The van der Waals surface area contributed by atoms with E-state index in [1.54, 1.807) is 7.05 Å². The lowest BCUT2D eigenvalue weighted by Gasteiger charge is -2.16. The Balaban J connectivity index is 1.67. The van der Waals surface area contributed by atoms with Crippen molar-refractivity contribution in [1.29, 1.82) is 0 Å². The normalized spacial score (nSPS) is 32.1. The zero-order valence-electron chi connectivity index (χ0n) is 11.1. The first-order chi connectivity index (χ1) is 9.60. The molecular formula is C11H16N4O5. The molecule has 3 heterocycles. The largest absolute Gasteiger partial charge is 0.467 e. The minimum absolute atomic E-state index is 0.0198. The summed E-state index contributed by atoms with van der Waals surface area (Å²) in [5.74, 6) is -0.408. The molecule has 9 heteroatoms. The fraction of sp³-hybridized carbons (Fsp3) is 0.727. The molecule has 1 aromatic heterocycles. The maximum Gasteiger partial charge on any atom is 0.314 e. The third kappa shape index (κ3) is 2.13. The molecule has 0 spiro atoms. The molecule has 2 aliphatic heterocycles. The Morgan fingerprint density at radius 3 is 2.90 bits per heavy atom. The molecule has 2 fully saturated rings. The van der Waals surface area contributed by atoms with Gasteiger partial charge in [0.15, 0.2) is 0 Å². The molecular weight excluding hydrogens is 268 g/mol. The summed E-state index contributed by atoms with van der Waals surface area (Å²) in [6.07, 6.45) is -1.36. The number of ether oxygens (including phenoxy) is 3. The standard InChI is InChI=1S/C11H16N4O5/c1-15-11(18-2)13-9(14-15)10(17)12-5-3-19-8-6(16)4-20-7(5)8/h5-8,16H,3-4H2,1-2H3,(H,12,17)/t5-,6-,7-,8-/m1/s1. The highest BCUT2D eigenvalue weighted by Gasteiger charge is 2.47. The van der Waals surface area contributed by atoms with Gasteiger partial charge >= 0.3 is 6.01 Å². The lowest BCUT2D eigenvalue weighted by atomic mass is 10.1. The topological polar surface area (TPSA) is 108 Å². The summed E-state index contributed by atoms with van der Waals surface area (Å²) in [7, 11) is 3.09. The van der Waals surface area contributed by atoms with E-state index in [-0.39, 0.29) is 36.7 Å². The van der Waals surface area contributed by atoms with Crippen LogP contribution < -0.4 is 10.1 Å². The SMILES string of the molecule is COc1nc(C(=O)N[C@@H]2CO[C@H]3[C@@H]2OC[C@H]3O)nn1C. The van der Waals surface area contributed by atoms with Crippen molar-refractivity contribution in [3.8, 4) is 6.01 Å². The van der Waals surface area contributed by atoms with Gasteiger partial charge in [-0.15, -0.1) is 5.10 Å². The summed E-state index contributed by atoms with van der Waals surface area (Å²) in [4.78, 5) is 16.0. The summed E-state index contributed by atoms with van der Waals surface area (Å²) in [6.45, 7) is 0.513. The number of fused-ring (bicyclic) bond motifs is 1. The van der Waals surface area contributed by atoms with E-state index in [2.05, 4.69) is 15.4 Å². The first kappa shape index (κ1) is 13.3. The number of aromatic nitrogens is 3. The molecule has 20 heavy (non-hydrogen) atoms. The number of amides is 1. The molecule has 0 unspecified atom stereocenters. The highest BCUT2D eigenvalue weighted by molar-refractivity contribution is 5.90. The molecule has 2 aliphatic rings. The second-order valence-electron chi connectivity index (χ2n) is 4.79. The molecule has 0 radical (unpaired) electrons. The van der Waals surface area contributed by atoms with E-state index in [0.717, 1.165) is 0 Å². The molecule has 4 atom stereocenters. The number of methoxy groups -OCH3 is 1. The summed E-state index contributed by atoms with van der Waals surface area (Å²) in [5, 5.41) is 16.4. The number of carbonyl (C=O) groups excluding carboxylic acids is 1. The summed E-state index contributed by atoms with van der Waals surface area (Å²) >= 11 is 0. The van der Waals surface area contributed by atoms with Crippen LogP contribution in [0.2, 0.25) is 0 Å². The number of nitrogens with one attached hydrogen (secondary N) is 1. The predicted octanol–water partition coefficient (Wildman–Crippen LogP) is -1.92. The molecule has 110 valence electrons. The van der Waals surface area contributed by atoms with E-state index in [1.165, 1.54) is 11.8 Å². The Kier molecular flexibility index (Phi) is 3.32. The predicted molar refractivity (Wildman–Crippen MR) is 64.3 cm³/mol. The number of aryl methyl sites for hydroxylation is 1. The molecule has 1 aromatic rings. The van der Waals surface area contributed by atoms with Gasteiger partial charge in [0, 0.05) is 7.05 Å². The van der Waals surface area contributed by atoms with Crippen molar-refractivity contribution in [2.24, 2.45) is 7.05 Å². The highest BCUT2D eigenvalue weighted by atomic mass is 16.6. The minimum Gasteiger partial charge on any atom is -0.467 e. The van der Waals surface area contributed by atoms with Crippen LogP contribution >= 0.6 is 0 Å². The number of rotatable bonds is 3. The Morgan fingerprint density at radius 2 is 2.20 bits per heavy atom. The minimum atomic E-state index is -0.644. The highest BCUT2D eigenvalue weighted by Crippen LogP contribution is 2.27. The van der Waals surface area contributed by atoms with Gasteiger partial charge in [0.2, 0.25) is 5.82 Å². The van der Waals surface area contributed by atoms with E-state index in [9.17, 15) is 9.90 Å². The van der Waals surface area contributed by atoms with E-state index in [4.69, 9.17) is 14.2 Å². The van der Waals surface area contributed by atoms with Crippen molar-refractivity contribution in [2.45, 2.75) is 24.4 Å². The number of hydrogen-bond acceptors (Lipinski definition) is 7. The van der Waals surface area contributed by atoms with Crippen LogP contribution in [0.25, 0.3) is 0 Å². The molecule has 0 bridgehead atoms. The van der Waals surface area contributed by atoms with Gasteiger partial charge in [-0.1, -0.05) is 0 Å². The molecule has 2 saturated heterocycles. The van der Waals surface area contributed by atoms with Crippen molar-refractivity contribution in [2.75, 3.05) is 20.3 Å². The average Bonchev–Trinajstić information content (AvgIpc) is 3.08. The lowest BCUT2D eigenvalue weighted by molar-refractivity contribution is 0.0178. The van der Waals surface area contributed by atoms with E-state index in [1.807, 2.05) is 0 Å². The van der Waals surface area contributed by atoms with Crippen molar-refractivity contribution >= 4 is 5.91 Å². The Labute approximate surface area is 114 Å². The summed E-state index contributed by atoms with van der Waals surface area (Å²) < 4.78 is 17.2. The molecule has 0 aromatic carbocycles. The molecule has 0 aliphatic carbocycles. The van der Waals surface area contributed by atoms with Gasteiger partial charge in [0.05, 0.1) is 26.4 Å². The van der Waals surface area contributed by atoms with Crippen LogP contribution in [-0.4, -0.2) is 70.5 Å². The third-order valence-electron chi connectivity index (χ3n) is 3.45. The Hall–Kier alpha value is -1.71. The monoisotopic (exact) mass is 284 g/mol. The van der Waals surface area contributed by atoms with Gasteiger partial charge in [-0.25, -0.2) is 4.68 Å². The molecule has 0 saturated carbocycles. The number of hydrogen-bond donors (Lipinski definition) is 2. The number of aliphatic hydroxyl groups is 1. The molecule has 1 amide bonds. The number of aliphatic hydroxyl groups excluding tert-OH is 1. The maximum atomic E-state index is 12.1. The zero-order valence-corrected chi connectivity index (χ0v) is 11.1. The fourth-order valence-electron chi connectivity index (χ4n) is 2.48. The van der Waals surface area contributed by atoms with E-state index < -0.39 is 12.0 Å². The van der Waals surface area contributed by atoms with Crippen LogP contribution in [0.5, 0.6) is 6.01 Å². The Bertz CT molecular complexity index is 519. The molecule has 2 N–H and O–H groups in total. The van der Waals surface area contributed by atoms with E-state index >= 15 is 0 Å². The van der Waals surface area contributed by atoms with Gasteiger partial charge in [-0.05, 0) is 0 Å². The second-order valence-corrected chi connectivity index (χ2v) is 4.79. The van der Waals surface area contributed by atoms with Gasteiger partial charge in [-0.2, -0.15) is 4.98 Å². The number of carbonyl (C=O) groups is 1. The van der Waals surface area contributed by atoms with Gasteiger partial charge < -0.3 is 24.6 Å². The van der Waals surface area contributed by atoms with Crippen LogP contribution in [0.4, 0.5) is 0 Å². The first-order valence-electron chi connectivity index (χ1n) is 6.27. The van der Waals surface area contributed by atoms with Crippen molar-refractivity contribution < 1.29 is 24.1 Å². The molecule has 9 nitrogen and oxygen atoms in total. The van der Waals surface area contributed by atoms with Crippen LogP contribution in [0, 0.1) is 0 Å². The third-order valence-corrected chi connectivity index (χ3v) is 3.45. The van der Waals surface area contributed by atoms with Crippen molar-refractivity contribution in [3.63, 3.8) is 0 Å². The summed E-state index contributed by atoms with van der Waals surface area (Å²) in [6, 6.07) is -0.0670. The first-order valence-corrected chi connectivity index (χ1v) is 6.27. The zero-order chi connectivity index (χ0) is 14.3. The van der Waals surface area contributed by atoms with Gasteiger partial charge in [0.25, 0.3) is 5.91 Å². The second kappa shape index (κ2) is 5.00. The van der Waals surface area contributed by atoms with Gasteiger partial charge in [-0.3, -0.25) is 4.79 Å². The van der Waals surface area contributed by atoms with Gasteiger partial charge in [0.1, 0.15) is 18.3 Å². The fourth-order valence-corrected chi connectivity index (χ4v) is 2.48.